The Hall–Kier alpha value is -0.980. The molecule has 4 rings (SSSR count). The van der Waals surface area contributed by atoms with Gasteiger partial charge in [-0.05, 0) is 89.9 Å². The summed E-state index contributed by atoms with van der Waals surface area (Å²) in [6, 6.07) is 0.559. The van der Waals surface area contributed by atoms with Crippen molar-refractivity contribution >= 4 is 17.2 Å². The standard InChI is InChI=1S/C23H38N4OS/c1-2-27-13-5-6-19(27)16-24-22(28)10-9-18-11-14-26(15-12-18)17-23-25-20-7-3-4-8-21(20)29-23/h18-19H,2-17H2,1H3,(H,24,28). The van der Waals surface area contributed by atoms with Crippen LogP contribution in [0.5, 0.6) is 0 Å². The van der Waals surface area contributed by atoms with E-state index in [1.807, 2.05) is 11.3 Å². The van der Waals surface area contributed by atoms with Crippen molar-refractivity contribution in [3.8, 4) is 0 Å². The van der Waals surface area contributed by atoms with Gasteiger partial charge in [0, 0.05) is 23.9 Å². The third kappa shape index (κ3) is 5.80. The molecule has 162 valence electrons. The van der Waals surface area contributed by atoms with Crippen LogP contribution in [-0.4, -0.2) is 59.5 Å². The molecule has 1 amide bonds. The number of carbonyl (C=O) groups excluding carboxylic acids is 1. The summed E-state index contributed by atoms with van der Waals surface area (Å²) in [4.78, 5) is 23.8. The van der Waals surface area contributed by atoms with Gasteiger partial charge in [0.1, 0.15) is 5.01 Å². The van der Waals surface area contributed by atoms with Crippen molar-refractivity contribution in [2.24, 2.45) is 5.92 Å². The molecule has 1 aromatic heterocycles. The number of aromatic nitrogens is 1. The zero-order valence-corrected chi connectivity index (χ0v) is 18.9. The van der Waals surface area contributed by atoms with Crippen molar-refractivity contribution in [3.63, 3.8) is 0 Å². The topological polar surface area (TPSA) is 48.5 Å². The van der Waals surface area contributed by atoms with E-state index in [0.717, 1.165) is 39.1 Å². The van der Waals surface area contributed by atoms with Crippen LogP contribution in [0.15, 0.2) is 0 Å². The first-order valence-electron chi connectivity index (χ1n) is 11.9. The highest BCUT2D eigenvalue weighted by atomic mass is 32.1. The second-order valence-electron chi connectivity index (χ2n) is 9.17. The summed E-state index contributed by atoms with van der Waals surface area (Å²) in [5, 5.41) is 4.52. The smallest absolute Gasteiger partial charge is 0.220 e. The molecule has 0 saturated carbocycles. The number of likely N-dealkylation sites (tertiary alicyclic amines) is 2. The van der Waals surface area contributed by atoms with Gasteiger partial charge in [-0.15, -0.1) is 11.3 Å². The van der Waals surface area contributed by atoms with Gasteiger partial charge in [-0.2, -0.15) is 0 Å². The maximum Gasteiger partial charge on any atom is 0.220 e. The average Bonchev–Trinajstić information content (AvgIpc) is 3.37. The number of amides is 1. The Kier molecular flexibility index (Phi) is 7.60. The van der Waals surface area contributed by atoms with Gasteiger partial charge < -0.3 is 5.32 Å². The minimum absolute atomic E-state index is 0.253. The fourth-order valence-corrected chi connectivity index (χ4v) is 6.49. The van der Waals surface area contributed by atoms with Crippen molar-refractivity contribution in [1.82, 2.24) is 20.1 Å². The second-order valence-corrected chi connectivity index (χ2v) is 10.3. The van der Waals surface area contributed by atoms with Gasteiger partial charge in [-0.1, -0.05) is 6.92 Å². The van der Waals surface area contributed by atoms with Gasteiger partial charge in [0.05, 0.1) is 12.2 Å². The Morgan fingerprint density at radius 3 is 2.76 bits per heavy atom. The zero-order chi connectivity index (χ0) is 20.1. The van der Waals surface area contributed by atoms with Crippen LogP contribution in [0.4, 0.5) is 0 Å². The lowest BCUT2D eigenvalue weighted by Crippen LogP contribution is -2.40. The number of hydrogen-bond donors (Lipinski definition) is 1. The van der Waals surface area contributed by atoms with E-state index < -0.39 is 0 Å². The van der Waals surface area contributed by atoms with Crippen LogP contribution in [0.3, 0.4) is 0 Å². The van der Waals surface area contributed by atoms with Crippen molar-refractivity contribution < 1.29 is 4.79 Å². The van der Waals surface area contributed by atoms with Gasteiger partial charge in [-0.3, -0.25) is 14.6 Å². The number of thiazole rings is 1. The zero-order valence-electron chi connectivity index (χ0n) is 18.1. The summed E-state index contributed by atoms with van der Waals surface area (Å²) in [7, 11) is 0. The van der Waals surface area contributed by atoms with Crippen molar-refractivity contribution in [2.45, 2.75) is 83.7 Å². The van der Waals surface area contributed by atoms with Crippen molar-refractivity contribution in [1.29, 1.82) is 0 Å². The predicted octanol–water partition coefficient (Wildman–Crippen LogP) is 3.61. The van der Waals surface area contributed by atoms with Crippen LogP contribution in [0, 0.1) is 5.92 Å². The van der Waals surface area contributed by atoms with Crippen LogP contribution >= 0.6 is 11.3 Å². The Morgan fingerprint density at radius 1 is 1.14 bits per heavy atom. The number of nitrogens with one attached hydrogen (secondary N) is 1. The molecular weight excluding hydrogens is 380 g/mol. The van der Waals surface area contributed by atoms with E-state index in [-0.39, 0.29) is 5.91 Å². The van der Waals surface area contributed by atoms with E-state index in [4.69, 9.17) is 4.98 Å². The van der Waals surface area contributed by atoms with Crippen molar-refractivity contribution in [2.75, 3.05) is 32.7 Å². The third-order valence-electron chi connectivity index (χ3n) is 7.18. The molecular formula is C23H38N4OS. The van der Waals surface area contributed by atoms with Crippen molar-refractivity contribution in [3.05, 3.63) is 15.6 Å². The molecule has 0 radical (unpaired) electrons. The molecule has 1 aliphatic carbocycles. The lowest BCUT2D eigenvalue weighted by molar-refractivity contribution is -0.121. The number of piperidine rings is 1. The molecule has 1 unspecified atom stereocenters. The number of rotatable bonds is 8. The summed E-state index contributed by atoms with van der Waals surface area (Å²) in [6.45, 7) is 8.69. The number of carbonyl (C=O) groups is 1. The number of aryl methyl sites for hydroxylation is 2. The molecule has 1 atom stereocenters. The van der Waals surface area contributed by atoms with Gasteiger partial charge in [0.2, 0.25) is 5.91 Å². The highest BCUT2D eigenvalue weighted by Gasteiger charge is 2.24. The Balaban J connectivity index is 1.12. The van der Waals surface area contributed by atoms with Crippen LogP contribution in [-0.2, 0) is 24.2 Å². The minimum atomic E-state index is 0.253. The van der Waals surface area contributed by atoms with Crippen LogP contribution in [0.25, 0.3) is 0 Å². The fourth-order valence-electron chi connectivity index (χ4n) is 5.30. The van der Waals surface area contributed by atoms with Crippen LogP contribution < -0.4 is 5.32 Å². The molecule has 3 aliphatic rings. The van der Waals surface area contributed by atoms with Crippen LogP contribution in [0.2, 0.25) is 0 Å². The molecule has 0 bridgehead atoms. The van der Waals surface area contributed by atoms with Gasteiger partial charge in [-0.25, -0.2) is 4.98 Å². The summed E-state index contributed by atoms with van der Waals surface area (Å²) < 4.78 is 0. The van der Waals surface area contributed by atoms with E-state index in [1.165, 1.54) is 68.6 Å². The molecule has 5 nitrogen and oxygen atoms in total. The highest BCUT2D eigenvalue weighted by molar-refractivity contribution is 7.11. The normalized spacial score (nSPS) is 24.0. The molecule has 1 N–H and O–H groups in total. The number of nitrogens with zero attached hydrogens (tertiary/aromatic N) is 3. The predicted molar refractivity (Wildman–Crippen MR) is 119 cm³/mol. The van der Waals surface area contributed by atoms with E-state index in [0.29, 0.717) is 18.4 Å². The van der Waals surface area contributed by atoms with E-state index >= 15 is 0 Å². The first-order valence-corrected chi connectivity index (χ1v) is 12.7. The van der Waals surface area contributed by atoms with E-state index in [1.54, 1.807) is 4.88 Å². The maximum absolute atomic E-state index is 12.3. The maximum atomic E-state index is 12.3. The first kappa shape index (κ1) is 21.3. The van der Waals surface area contributed by atoms with Gasteiger partial charge in [0.25, 0.3) is 0 Å². The number of likely N-dealkylation sites (N-methyl/N-ethyl adjacent to an activating group) is 1. The fraction of sp³-hybridized carbons (Fsp3) is 0.826. The third-order valence-corrected chi connectivity index (χ3v) is 8.32. The number of hydrogen-bond acceptors (Lipinski definition) is 5. The molecule has 0 aromatic carbocycles. The van der Waals surface area contributed by atoms with E-state index in [9.17, 15) is 4.79 Å². The molecule has 2 fully saturated rings. The molecule has 3 heterocycles. The summed E-state index contributed by atoms with van der Waals surface area (Å²) >= 11 is 1.95. The number of fused-ring (bicyclic) bond motifs is 1. The monoisotopic (exact) mass is 418 g/mol. The largest absolute Gasteiger partial charge is 0.355 e. The lowest BCUT2D eigenvalue weighted by Gasteiger charge is -2.31. The van der Waals surface area contributed by atoms with Gasteiger partial charge in [0.15, 0.2) is 0 Å². The molecule has 29 heavy (non-hydrogen) atoms. The second kappa shape index (κ2) is 10.4. The lowest BCUT2D eigenvalue weighted by atomic mass is 9.92. The summed E-state index contributed by atoms with van der Waals surface area (Å²) in [5.74, 6) is 0.962. The SMILES string of the molecule is CCN1CCCC1CNC(=O)CCC1CCN(Cc2nc3c(s2)CCCC3)CC1. The van der Waals surface area contributed by atoms with E-state index in [2.05, 4.69) is 22.0 Å². The molecule has 2 saturated heterocycles. The molecule has 6 heteroatoms. The molecule has 2 aliphatic heterocycles. The summed E-state index contributed by atoms with van der Waals surface area (Å²) in [5.41, 5.74) is 1.39. The molecule has 1 aromatic rings. The molecule has 0 spiro atoms. The first-order chi connectivity index (χ1) is 14.2. The quantitative estimate of drug-likeness (QED) is 0.701. The Labute approximate surface area is 180 Å². The minimum Gasteiger partial charge on any atom is -0.355 e. The van der Waals surface area contributed by atoms with Crippen LogP contribution in [0.1, 0.15) is 73.9 Å². The van der Waals surface area contributed by atoms with Gasteiger partial charge >= 0.3 is 0 Å². The summed E-state index contributed by atoms with van der Waals surface area (Å²) in [6.07, 6.45) is 11.8. The highest BCUT2D eigenvalue weighted by Crippen LogP contribution is 2.29. The average molecular weight is 419 g/mol. The Bertz CT molecular complexity index is 644. The Morgan fingerprint density at radius 2 is 1.97 bits per heavy atom.